The van der Waals surface area contributed by atoms with Gasteiger partial charge in [0.15, 0.2) is 0 Å². The minimum absolute atomic E-state index is 0.104. The van der Waals surface area contributed by atoms with Gasteiger partial charge in [-0.15, -0.1) is 0 Å². The zero-order chi connectivity index (χ0) is 11.8. The Bertz CT molecular complexity index is 504. The highest BCUT2D eigenvalue weighted by Gasteiger charge is 2.41. The lowest BCUT2D eigenvalue weighted by atomic mass is 10.0. The summed E-state index contributed by atoms with van der Waals surface area (Å²) in [6, 6.07) is 15.5. The van der Waals surface area contributed by atoms with Crippen LogP contribution in [0.3, 0.4) is 0 Å². The molecule has 3 heteroatoms. The number of halogens is 2. The summed E-state index contributed by atoms with van der Waals surface area (Å²) in [5, 5.41) is 1.48. The topological polar surface area (TPSA) is 12.5 Å². The normalized spacial score (nSPS) is 22.5. The Labute approximate surface area is 110 Å². The summed E-state index contributed by atoms with van der Waals surface area (Å²) in [6.45, 7) is 0. The summed E-state index contributed by atoms with van der Waals surface area (Å²) in [4.78, 5) is 0. The number of hydrogen-bond acceptors (Lipinski definition) is 1. The van der Waals surface area contributed by atoms with Crippen molar-refractivity contribution in [1.82, 2.24) is 0 Å². The lowest BCUT2D eigenvalue weighted by Gasteiger charge is -1.98. The van der Waals surface area contributed by atoms with Crippen LogP contribution >= 0.6 is 23.2 Å². The molecule has 0 spiro atoms. The highest BCUT2D eigenvalue weighted by atomic mass is 35.5. The van der Waals surface area contributed by atoms with E-state index in [-0.39, 0.29) is 12.2 Å². The van der Waals surface area contributed by atoms with Crippen LogP contribution in [0.2, 0.25) is 10.0 Å². The molecule has 2 aromatic rings. The Hall–Kier alpha value is -1.02. The third-order valence-corrected chi connectivity index (χ3v) is 3.32. The average Bonchev–Trinajstić information content (AvgIpc) is 3.09. The third-order valence-electron chi connectivity index (χ3n) is 2.85. The highest BCUT2D eigenvalue weighted by molar-refractivity contribution is 6.30. The van der Waals surface area contributed by atoms with E-state index in [0.717, 1.165) is 21.2 Å². The van der Waals surface area contributed by atoms with E-state index >= 15 is 0 Å². The smallest absolute Gasteiger partial charge is 0.114 e. The van der Waals surface area contributed by atoms with Gasteiger partial charge >= 0.3 is 0 Å². The lowest BCUT2D eigenvalue weighted by Crippen LogP contribution is -1.84. The molecule has 1 nitrogen and oxygen atoms in total. The Morgan fingerprint density at radius 1 is 0.765 bits per heavy atom. The molecule has 17 heavy (non-hydrogen) atoms. The van der Waals surface area contributed by atoms with Crippen LogP contribution in [0.5, 0.6) is 0 Å². The maximum atomic E-state index is 5.96. The van der Waals surface area contributed by atoms with Crippen molar-refractivity contribution in [3.05, 3.63) is 69.7 Å². The quantitative estimate of drug-likeness (QED) is 0.710. The largest absolute Gasteiger partial charge is 0.359 e. The van der Waals surface area contributed by atoms with Gasteiger partial charge in [-0.3, -0.25) is 0 Å². The summed E-state index contributed by atoms with van der Waals surface area (Å²) >= 11 is 11.9. The standard InChI is InChI=1S/C14H10Cl2O/c15-11-5-1-3-9(7-11)13-14(17-13)10-4-2-6-12(16)8-10/h1-8,13-14H/t13-,14+. The first-order chi connectivity index (χ1) is 8.24. The van der Waals surface area contributed by atoms with Gasteiger partial charge < -0.3 is 4.74 Å². The molecule has 0 aromatic heterocycles. The first kappa shape index (κ1) is 11.1. The van der Waals surface area contributed by atoms with E-state index in [9.17, 15) is 0 Å². The van der Waals surface area contributed by atoms with E-state index in [2.05, 4.69) is 0 Å². The van der Waals surface area contributed by atoms with Gasteiger partial charge in [-0.1, -0.05) is 47.5 Å². The fourth-order valence-corrected chi connectivity index (χ4v) is 2.38. The zero-order valence-electron chi connectivity index (χ0n) is 8.94. The van der Waals surface area contributed by atoms with Crippen LogP contribution in [0.15, 0.2) is 48.5 Å². The van der Waals surface area contributed by atoms with Crippen molar-refractivity contribution in [2.45, 2.75) is 12.2 Å². The van der Waals surface area contributed by atoms with E-state index in [1.54, 1.807) is 0 Å². The summed E-state index contributed by atoms with van der Waals surface area (Å²) in [5.41, 5.74) is 2.23. The second-order valence-electron chi connectivity index (χ2n) is 4.09. The van der Waals surface area contributed by atoms with Gasteiger partial charge in [-0.25, -0.2) is 0 Å². The Kier molecular flexibility index (Phi) is 2.83. The second-order valence-corrected chi connectivity index (χ2v) is 4.96. The minimum Gasteiger partial charge on any atom is -0.359 e. The van der Waals surface area contributed by atoms with Crippen LogP contribution in [-0.2, 0) is 4.74 Å². The molecule has 3 rings (SSSR count). The summed E-state index contributed by atoms with van der Waals surface area (Å²) in [5.74, 6) is 0. The van der Waals surface area contributed by atoms with E-state index < -0.39 is 0 Å². The molecule has 1 aliphatic heterocycles. The van der Waals surface area contributed by atoms with E-state index in [1.165, 1.54) is 0 Å². The monoisotopic (exact) mass is 264 g/mol. The molecule has 1 heterocycles. The van der Waals surface area contributed by atoms with Gasteiger partial charge in [-0.2, -0.15) is 0 Å². The Balaban J connectivity index is 1.83. The molecule has 1 fully saturated rings. The van der Waals surface area contributed by atoms with Crippen LogP contribution in [0.4, 0.5) is 0 Å². The minimum atomic E-state index is 0.104. The van der Waals surface area contributed by atoms with E-state index in [1.807, 2.05) is 48.5 Å². The second kappa shape index (κ2) is 4.34. The number of epoxide rings is 1. The Morgan fingerprint density at radius 3 is 1.65 bits per heavy atom. The van der Waals surface area contributed by atoms with Gasteiger partial charge in [-0.05, 0) is 35.4 Å². The van der Waals surface area contributed by atoms with Crippen molar-refractivity contribution in [3.8, 4) is 0 Å². The molecule has 1 aliphatic rings. The van der Waals surface area contributed by atoms with Crippen molar-refractivity contribution in [2.75, 3.05) is 0 Å². The molecule has 0 aliphatic carbocycles. The van der Waals surface area contributed by atoms with Gasteiger partial charge in [0.1, 0.15) is 12.2 Å². The first-order valence-electron chi connectivity index (χ1n) is 5.40. The van der Waals surface area contributed by atoms with Gasteiger partial charge in [0.05, 0.1) is 0 Å². The fraction of sp³-hybridized carbons (Fsp3) is 0.143. The average molecular weight is 265 g/mol. The van der Waals surface area contributed by atoms with Crippen molar-refractivity contribution < 1.29 is 4.74 Å². The molecule has 0 bridgehead atoms. The predicted molar refractivity (Wildman–Crippen MR) is 69.5 cm³/mol. The first-order valence-corrected chi connectivity index (χ1v) is 6.16. The number of rotatable bonds is 2. The molecule has 86 valence electrons. The summed E-state index contributed by atoms with van der Waals surface area (Å²) in [6.07, 6.45) is 0.208. The number of benzene rings is 2. The van der Waals surface area contributed by atoms with Crippen LogP contribution in [-0.4, -0.2) is 0 Å². The fourth-order valence-electron chi connectivity index (χ4n) is 1.99. The van der Waals surface area contributed by atoms with Gasteiger partial charge in [0.2, 0.25) is 0 Å². The molecule has 1 saturated heterocycles. The van der Waals surface area contributed by atoms with Crippen LogP contribution in [0.25, 0.3) is 0 Å². The molecular weight excluding hydrogens is 255 g/mol. The van der Waals surface area contributed by atoms with Gasteiger partial charge in [0.25, 0.3) is 0 Å². The molecule has 0 amide bonds. The third kappa shape index (κ3) is 2.32. The number of hydrogen-bond donors (Lipinski definition) is 0. The molecule has 0 N–H and O–H groups in total. The Morgan fingerprint density at radius 2 is 1.24 bits per heavy atom. The molecule has 0 radical (unpaired) electrons. The molecule has 0 saturated carbocycles. The molecule has 2 atom stereocenters. The van der Waals surface area contributed by atoms with E-state index in [0.29, 0.717) is 0 Å². The van der Waals surface area contributed by atoms with Crippen LogP contribution in [0.1, 0.15) is 23.3 Å². The molecular formula is C14H10Cl2O. The maximum Gasteiger partial charge on any atom is 0.114 e. The summed E-state index contributed by atoms with van der Waals surface area (Å²) in [7, 11) is 0. The number of ether oxygens (including phenoxy) is 1. The highest BCUT2D eigenvalue weighted by Crippen LogP contribution is 2.51. The van der Waals surface area contributed by atoms with E-state index in [4.69, 9.17) is 27.9 Å². The van der Waals surface area contributed by atoms with Crippen molar-refractivity contribution in [2.24, 2.45) is 0 Å². The lowest BCUT2D eigenvalue weighted by molar-refractivity contribution is 0.377. The van der Waals surface area contributed by atoms with Crippen molar-refractivity contribution in [3.63, 3.8) is 0 Å². The predicted octanol–water partition coefficient (Wildman–Crippen LogP) is 4.81. The van der Waals surface area contributed by atoms with Crippen LogP contribution < -0.4 is 0 Å². The van der Waals surface area contributed by atoms with Crippen molar-refractivity contribution in [1.29, 1.82) is 0 Å². The summed E-state index contributed by atoms with van der Waals surface area (Å²) < 4.78 is 5.68. The molecule has 2 aromatic carbocycles. The van der Waals surface area contributed by atoms with Crippen molar-refractivity contribution >= 4 is 23.2 Å². The van der Waals surface area contributed by atoms with Gasteiger partial charge in [0, 0.05) is 10.0 Å². The molecule has 0 unspecified atom stereocenters. The maximum absolute atomic E-state index is 5.96. The zero-order valence-corrected chi connectivity index (χ0v) is 10.4. The van der Waals surface area contributed by atoms with Crippen LogP contribution in [0, 0.1) is 0 Å². The SMILES string of the molecule is Clc1cccc([C@H]2O[C@H]2c2cccc(Cl)c2)c1.